The highest BCUT2D eigenvalue weighted by molar-refractivity contribution is 6.06. The molecule has 1 heterocycles. The lowest BCUT2D eigenvalue weighted by atomic mass is 10.1. The van der Waals surface area contributed by atoms with Crippen molar-refractivity contribution in [2.75, 3.05) is 11.4 Å². The molecule has 1 aromatic rings. The number of amides is 2. The van der Waals surface area contributed by atoms with E-state index in [4.69, 9.17) is 0 Å². The van der Waals surface area contributed by atoms with E-state index in [0.29, 0.717) is 0 Å². The molecule has 2 rings (SSSR count). The Labute approximate surface area is 107 Å². The van der Waals surface area contributed by atoms with Crippen LogP contribution in [0.4, 0.5) is 5.69 Å². The van der Waals surface area contributed by atoms with Crippen LogP contribution in [0.25, 0.3) is 0 Å². The summed E-state index contributed by atoms with van der Waals surface area (Å²) in [6.07, 6.45) is 2.13. The average Bonchev–Trinajstić information content (AvgIpc) is 2.35. The lowest BCUT2D eigenvalue weighted by Crippen LogP contribution is -2.57. The SMILES string of the molecule is CCCc1ccc(N2CC(=O)NC(C)C2=O)cc1. The van der Waals surface area contributed by atoms with Gasteiger partial charge < -0.3 is 10.2 Å². The zero-order valence-corrected chi connectivity index (χ0v) is 10.8. The number of carbonyl (C=O) groups is 2. The number of nitrogens with zero attached hydrogens (tertiary/aromatic N) is 1. The fourth-order valence-corrected chi connectivity index (χ4v) is 2.15. The molecule has 0 aliphatic carbocycles. The fraction of sp³-hybridized carbons (Fsp3) is 0.429. The molecule has 1 saturated heterocycles. The molecular weight excluding hydrogens is 228 g/mol. The van der Waals surface area contributed by atoms with Gasteiger partial charge in [-0.05, 0) is 31.0 Å². The predicted molar refractivity (Wildman–Crippen MR) is 70.4 cm³/mol. The summed E-state index contributed by atoms with van der Waals surface area (Å²) in [5.41, 5.74) is 2.05. The van der Waals surface area contributed by atoms with Gasteiger partial charge in [0.15, 0.2) is 0 Å². The molecule has 0 aromatic heterocycles. The van der Waals surface area contributed by atoms with Crippen LogP contribution in [-0.2, 0) is 16.0 Å². The number of anilines is 1. The van der Waals surface area contributed by atoms with Gasteiger partial charge >= 0.3 is 0 Å². The van der Waals surface area contributed by atoms with Gasteiger partial charge in [0, 0.05) is 5.69 Å². The number of carbonyl (C=O) groups excluding carboxylic acids is 2. The summed E-state index contributed by atoms with van der Waals surface area (Å²) in [5.74, 6) is -0.169. The molecule has 1 N–H and O–H groups in total. The Morgan fingerprint density at radius 3 is 2.56 bits per heavy atom. The van der Waals surface area contributed by atoms with Crippen LogP contribution in [0.3, 0.4) is 0 Å². The van der Waals surface area contributed by atoms with Gasteiger partial charge in [-0.15, -0.1) is 0 Å². The number of rotatable bonds is 3. The number of hydrogen-bond acceptors (Lipinski definition) is 2. The molecule has 18 heavy (non-hydrogen) atoms. The Morgan fingerprint density at radius 1 is 1.28 bits per heavy atom. The van der Waals surface area contributed by atoms with Gasteiger partial charge in [0.25, 0.3) is 0 Å². The molecule has 0 bridgehead atoms. The Hall–Kier alpha value is -1.84. The maximum atomic E-state index is 12.0. The van der Waals surface area contributed by atoms with E-state index in [1.54, 1.807) is 11.8 Å². The van der Waals surface area contributed by atoms with Crippen molar-refractivity contribution in [3.05, 3.63) is 29.8 Å². The van der Waals surface area contributed by atoms with E-state index < -0.39 is 6.04 Å². The molecule has 1 aliphatic heterocycles. The predicted octanol–water partition coefficient (Wildman–Crippen LogP) is 1.49. The molecule has 1 fully saturated rings. The highest BCUT2D eigenvalue weighted by Crippen LogP contribution is 2.18. The van der Waals surface area contributed by atoms with Crippen molar-refractivity contribution in [1.82, 2.24) is 5.32 Å². The Balaban J connectivity index is 2.19. The van der Waals surface area contributed by atoms with Crippen LogP contribution in [0.1, 0.15) is 25.8 Å². The molecule has 0 saturated carbocycles. The molecule has 0 spiro atoms. The van der Waals surface area contributed by atoms with Gasteiger partial charge in [-0.3, -0.25) is 9.59 Å². The second-order valence-electron chi connectivity index (χ2n) is 4.63. The van der Waals surface area contributed by atoms with Crippen molar-refractivity contribution < 1.29 is 9.59 Å². The third-order valence-electron chi connectivity index (χ3n) is 3.10. The number of benzene rings is 1. The summed E-state index contributed by atoms with van der Waals surface area (Å²) in [5, 5.41) is 2.63. The summed E-state index contributed by atoms with van der Waals surface area (Å²) >= 11 is 0. The monoisotopic (exact) mass is 246 g/mol. The van der Waals surface area contributed by atoms with Gasteiger partial charge in [0.1, 0.15) is 12.6 Å². The van der Waals surface area contributed by atoms with E-state index >= 15 is 0 Å². The van der Waals surface area contributed by atoms with Crippen LogP contribution >= 0.6 is 0 Å². The molecule has 1 aromatic carbocycles. The van der Waals surface area contributed by atoms with E-state index in [1.165, 1.54) is 5.56 Å². The Morgan fingerprint density at radius 2 is 1.94 bits per heavy atom. The van der Waals surface area contributed by atoms with Gasteiger partial charge in [-0.25, -0.2) is 0 Å². The summed E-state index contributed by atoms with van der Waals surface area (Å²) < 4.78 is 0. The minimum Gasteiger partial charge on any atom is -0.343 e. The maximum absolute atomic E-state index is 12.0. The van der Waals surface area contributed by atoms with Gasteiger partial charge in [0.2, 0.25) is 11.8 Å². The van der Waals surface area contributed by atoms with E-state index in [-0.39, 0.29) is 18.4 Å². The summed E-state index contributed by atoms with van der Waals surface area (Å²) in [4.78, 5) is 25.0. The zero-order chi connectivity index (χ0) is 13.1. The van der Waals surface area contributed by atoms with Crippen LogP contribution in [0, 0.1) is 0 Å². The molecule has 2 amide bonds. The number of piperazine rings is 1. The van der Waals surface area contributed by atoms with Crippen molar-refractivity contribution in [2.24, 2.45) is 0 Å². The van der Waals surface area contributed by atoms with Crippen molar-refractivity contribution in [1.29, 1.82) is 0 Å². The van der Waals surface area contributed by atoms with Crippen molar-refractivity contribution in [3.63, 3.8) is 0 Å². The second kappa shape index (κ2) is 5.21. The first kappa shape index (κ1) is 12.6. The lowest BCUT2D eigenvalue weighted by Gasteiger charge is -2.30. The van der Waals surface area contributed by atoms with Gasteiger partial charge in [-0.2, -0.15) is 0 Å². The molecule has 1 aliphatic rings. The van der Waals surface area contributed by atoms with E-state index in [0.717, 1.165) is 18.5 Å². The van der Waals surface area contributed by atoms with Crippen molar-refractivity contribution >= 4 is 17.5 Å². The first-order valence-electron chi connectivity index (χ1n) is 6.31. The third-order valence-corrected chi connectivity index (χ3v) is 3.10. The largest absolute Gasteiger partial charge is 0.343 e. The molecule has 0 radical (unpaired) electrons. The van der Waals surface area contributed by atoms with Crippen LogP contribution < -0.4 is 10.2 Å². The first-order chi connectivity index (χ1) is 8.61. The van der Waals surface area contributed by atoms with E-state index in [9.17, 15) is 9.59 Å². The smallest absolute Gasteiger partial charge is 0.249 e. The van der Waals surface area contributed by atoms with E-state index in [1.807, 2.05) is 24.3 Å². The van der Waals surface area contributed by atoms with Crippen LogP contribution in [0.2, 0.25) is 0 Å². The lowest BCUT2D eigenvalue weighted by molar-refractivity contribution is -0.130. The molecule has 4 heteroatoms. The topological polar surface area (TPSA) is 49.4 Å². The minimum absolute atomic E-state index is 0.0576. The summed E-state index contributed by atoms with van der Waals surface area (Å²) in [7, 11) is 0. The Kier molecular flexibility index (Phi) is 3.65. The van der Waals surface area contributed by atoms with Crippen LogP contribution in [0.15, 0.2) is 24.3 Å². The molecule has 4 nitrogen and oxygen atoms in total. The first-order valence-corrected chi connectivity index (χ1v) is 6.31. The standard InChI is InChI=1S/C14H18N2O2/c1-3-4-11-5-7-12(8-6-11)16-9-13(17)15-10(2)14(16)18/h5-8,10H,3-4,9H2,1-2H3,(H,15,17). The van der Waals surface area contributed by atoms with E-state index in [2.05, 4.69) is 12.2 Å². The minimum atomic E-state index is -0.443. The van der Waals surface area contributed by atoms with Gasteiger partial charge in [-0.1, -0.05) is 25.5 Å². The Bertz CT molecular complexity index is 453. The highest BCUT2D eigenvalue weighted by Gasteiger charge is 2.30. The maximum Gasteiger partial charge on any atom is 0.249 e. The number of nitrogens with one attached hydrogen (secondary N) is 1. The van der Waals surface area contributed by atoms with Crippen molar-refractivity contribution in [2.45, 2.75) is 32.7 Å². The highest BCUT2D eigenvalue weighted by atomic mass is 16.2. The zero-order valence-electron chi connectivity index (χ0n) is 10.8. The normalized spacial score (nSPS) is 19.9. The number of aryl methyl sites for hydroxylation is 1. The fourth-order valence-electron chi connectivity index (χ4n) is 2.15. The molecule has 1 atom stereocenters. The summed E-state index contributed by atoms with van der Waals surface area (Å²) in [6, 6.07) is 7.41. The third kappa shape index (κ3) is 2.53. The molecular formula is C14H18N2O2. The summed E-state index contributed by atoms with van der Waals surface area (Å²) in [6.45, 7) is 3.95. The van der Waals surface area contributed by atoms with Crippen molar-refractivity contribution in [3.8, 4) is 0 Å². The van der Waals surface area contributed by atoms with Gasteiger partial charge in [0.05, 0.1) is 0 Å². The quantitative estimate of drug-likeness (QED) is 0.878. The van der Waals surface area contributed by atoms with Crippen LogP contribution in [-0.4, -0.2) is 24.4 Å². The molecule has 1 unspecified atom stereocenters. The second-order valence-corrected chi connectivity index (χ2v) is 4.63. The van der Waals surface area contributed by atoms with Crippen LogP contribution in [0.5, 0.6) is 0 Å². The molecule has 96 valence electrons. The average molecular weight is 246 g/mol. The number of hydrogen-bond donors (Lipinski definition) is 1.